The molecule has 5 nitrogen and oxygen atoms in total. The molecule has 2 aliphatic rings. The smallest absolute Gasteiger partial charge is 0.285 e. The van der Waals surface area contributed by atoms with Crippen molar-refractivity contribution in [3.8, 4) is 0 Å². The lowest BCUT2D eigenvalue weighted by Gasteiger charge is -2.24. The number of hydrogen-bond acceptors (Lipinski definition) is 4. The van der Waals surface area contributed by atoms with Crippen LogP contribution < -0.4 is 16.8 Å². The molecule has 0 saturated heterocycles. The van der Waals surface area contributed by atoms with Crippen LogP contribution in [0.5, 0.6) is 0 Å². The van der Waals surface area contributed by atoms with Crippen LogP contribution in [0.3, 0.4) is 0 Å². The molecule has 6 unspecified atom stereocenters. The van der Waals surface area contributed by atoms with Crippen molar-refractivity contribution in [1.82, 2.24) is 5.32 Å². The van der Waals surface area contributed by atoms with Crippen molar-refractivity contribution in [2.75, 3.05) is 0 Å². The first-order valence-electron chi connectivity index (χ1n) is 9.29. The highest BCUT2D eigenvalue weighted by molar-refractivity contribution is 6.48. The van der Waals surface area contributed by atoms with Crippen LogP contribution >= 0.6 is 0 Å². The summed E-state index contributed by atoms with van der Waals surface area (Å²) in [7, 11) is 0. The maximum absolute atomic E-state index is 12.2. The molecule has 0 aromatic carbocycles. The van der Waals surface area contributed by atoms with Crippen LogP contribution in [0.25, 0.3) is 0 Å². The molecule has 0 radical (unpaired) electrons. The molecule has 1 amide bonds. The zero-order valence-electron chi connectivity index (χ0n) is 14.9. The molecule has 0 aromatic heterocycles. The molecule has 2 rings (SSSR count). The summed E-state index contributed by atoms with van der Waals surface area (Å²) in [4.78, 5) is 12.2. The topological polar surface area (TPSA) is 101 Å². The van der Waals surface area contributed by atoms with Crippen molar-refractivity contribution < 1.29 is 9.82 Å². The van der Waals surface area contributed by atoms with Gasteiger partial charge < -0.3 is 21.8 Å². The van der Waals surface area contributed by atoms with Gasteiger partial charge in [0.15, 0.2) is 0 Å². The van der Waals surface area contributed by atoms with Crippen molar-refractivity contribution in [3.05, 3.63) is 0 Å². The molecule has 0 spiro atoms. The van der Waals surface area contributed by atoms with Crippen LogP contribution in [0, 0.1) is 23.7 Å². The van der Waals surface area contributed by atoms with E-state index in [1.54, 1.807) is 0 Å². The maximum atomic E-state index is 12.2. The fourth-order valence-electron chi connectivity index (χ4n) is 4.59. The lowest BCUT2D eigenvalue weighted by Crippen LogP contribution is -2.47. The van der Waals surface area contributed by atoms with Crippen molar-refractivity contribution >= 4 is 12.8 Å². The van der Waals surface area contributed by atoms with Crippen molar-refractivity contribution in [1.29, 1.82) is 0 Å². The quantitative estimate of drug-likeness (QED) is 0.529. The van der Waals surface area contributed by atoms with Crippen LogP contribution in [0.4, 0.5) is 0 Å². The molecule has 0 aromatic rings. The Kier molecular flexibility index (Phi) is 6.52. The zero-order valence-corrected chi connectivity index (χ0v) is 14.9. The summed E-state index contributed by atoms with van der Waals surface area (Å²) in [5, 5.41) is 12.6. The number of nitrogens with one attached hydrogen (secondary N) is 1. The average molecular weight is 323 g/mol. The van der Waals surface area contributed by atoms with Gasteiger partial charge in [0.2, 0.25) is 5.91 Å². The number of fused-ring (bicyclic) bond motifs is 1. The van der Waals surface area contributed by atoms with Gasteiger partial charge in [0.05, 0.1) is 6.04 Å². The number of carbonyl (C=O) groups is 1. The summed E-state index contributed by atoms with van der Waals surface area (Å²) in [5.41, 5.74) is 12.3. The maximum Gasteiger partial charge on any atom is 0.285 e. The Morgan fingerprint density at radius 3 is 2.65 bits per heavy atom. The van der Waals surface area contributed by atoms with Gasteiger partial charge in [-0.25, -0.2) is 0 Å². The fraction of sp³-hybridized carbons (Fsp3) is 0.941. The van der Waals surface area contributed by atoms with Gasteiger partial charge in [0.25, 0.3) is 6.92 Å². The molecule has 132 valence electrons. The number of nitrogens with two attached hydrogens (primary N) is 2. The van der Waals surface area contributed by atoms with Gasteiger partial charge in [0.1, 0.15) is 0 Å². The van der Waals surface area contributed by atoms with E-state index < -0.39 is 6.04 Å². The van der Waals surface area contributed by atoms with E-state index in [0.717, 1.165) is 38.4 Å². The van der Waals surface area contributed by atoms with Gasteiger partial charge in [-0.3, -0.25) is 4.79 Å². The molecule has 6 heteroatoms. The van der Waals surface area contributed by atoms with E-state index in [0.29, 0.717) is 17.8 Å². The molecular weight excluding hydrogens is 289 g/mol. The fourth-order valence-corrected chi connectivity index (χ4v) is 4.59. The highest BCUT2D eigenvalue weighted by Crippen LogP contribution is 2.48. The van der Waals surface area contributed by atoms with Crippen LogP contribution in [0.2, 0.25) is 13.1 Å². The van der Waals surface area contributed by atoms with Crippen LogP contribution in [0.1, 0.15) is 46.0 Å². The number of amides is 1. The van der Waals surface area contributed by atoms with Crippen LogP contribution in [0.15, 0.2) is 0 Å². The highest BCUT2D eigenvalue weighted by atomic mass is 16.2. The molecule has 2 saturated carbocycles. The Hall–Kier alpha value is -0.585. The Morgan fingerprint density at radius 2 is 2.04 bits per heavy atom. The lowest BCUT2D eigenvalue weighted by molar-refractivity contribution is -0.123. The van der Waals surface area contributed by atoms with Crippen LogP contribution in [-0.2, 0) is 4.79 Å². The van der Waals surface area contributed by atoms with E-state index in [-0.39, 0.29) is 30.8 Å². The lowest BCUT2D eigenvalue weighted by atomic mass is 9.66. The molecule has 2 fully saturated rings. The van der Waals surface area contributed by atoms with E-state index in [4.69, 9.17) is 11.5 Å². The van der Waals surface area contributed by atoms with E-state index in [1.165, 1.54) is 0 Å². The summed E-state index contributed by atoms with van der Waals surface area (Å²) in [6, 6.07) is 0.127. The van der Waals surface area contributed by atoms with Gasteiger partial charge in [-0.15, -0.1) is 0 Å². The van der Waals surface area contributed by atoms with Crippen molar-refractivity contribution in [2.24, 2.45) is 35.1 Å². The predicted octanol–water partition coefficient (Wildman–Crippen LogP) is 1.22. The Labute approximate surface area is 141 Å². The summed E-state index contributed by atoms with van der Waals surface area (Å²) < 4.78 is 0. The minimum Gasteiger partial charge on any atom is -0.451 e. The Morgan fingerprint density at radius 1 is 1.35 bits per heavy atom. The van der Waals surface area contributed by atoms with Gasteiger partial charge in [0, 0.05) is 12.1 Å². The van der Waals surface area contributed by atoms with Crippen molar-refractivity contribution in [2.45, 2.75) is 77.2 Å². The van der Waals surface area contributed by atoms with Gasteiger partial charge >= 0.3 is 0 Å². The normalized spacial score (nSPS) is 34.5. The van der Waals surface area contributed by atoms with Gasteiger partial charge in [-0.2, -0.15) is 0 Å². The first-order chi connectivity index (χ1) is 10.8. The van der Waals surface area contributed by atoms with Crippen molar-refractivity contribution in [3.63, 3.8) is 0 Å². The largest absolute Gasteiger partial charge is 0.451 e. The highest BCUT2D eigenvalue weighted by Gasteiger charge is 2.47. The molecule has 2 aliphatic carbocycles. The Bertz CT molecular complexity index is 405. The number of carbonyl (C=O) groups excluding carboxylic acids is 1. The molecule has 6 atom stereocenters. The second kappa shape index (κ2) is 7.99. The number of rotatable bonds is 7. The van der Waals surface area contributed by atoms with E-state index in [9.17, 15) is 9.82 Å². The minimum atomic E-state index is -0.417. The zero-order chi connectivity index (χ0) is 17.1. The molecular formula is C17H34BN3O2. The van der Waals surface area contributed by atoms with Gasteiger partial charge in [-0.05, 0) is 55.7 Å². The molecule has 0 heterocycles. The second-order valence-corrected chi connectivity index (χ2v) is 8.21. The molecule has 0 aliphatic heterocycles. The van der Waals surface area contributed by atoms with E-state index >= 15 is 0 Å². The predicted molar refractivity (Wildman–Crippen MR) is 94.9 cm³/mol. The monoisotopic (exact) mass is 323 g/mol. The second-order valence-electron chi connectivity index (χ2n) is 8.21. The third kappa shape index (κ3) is 4.71. The first kappa shape index (κ1) is 18.7. The average Bonchev–Trinajstić information content (AvgIpc) is 2.95. The number of hydrogen-bond donors (Lipinski definition) is 4. The third-order valence-electron chi connectivity index (χ3n) is 5.95. The van der Waals surface area contributed by atoms with E-state index in [1.807, 2.05) is 20.7 Å². The van der Waals surface area contributed by atoms with Gasteiger partial charge in [-0.1, -0.05) is 27.1 Å². The summed E-state index contributed by atoms with van der Waals surface area (Å²) in [5.74, 6) is 1.96. The summed E-state index contributed by atoms with van der Waals surface area (Å²) in [6.07, 6.45) is 6.14. The molecule has 23 heavy (non-hydrogen) atoms. The third-order valence-corrected chi connectivity index (χ3v) is 5.95. The molecule has 0 bridgehead atoms. The standard InChI is InChI=1S/C17H34BN3O2/c1-10(2)16(20)17(22)21-12-7-11-8-15(19)13(14(11)9-12)5-4-6-18(3)23/h10-16,23H,4-9,19-20H2,1-3H3,(H,21,22). The minimum absolute atomic E-state index is 0.0140. The summed E-state index contributed by atoms with van der Waals surface area (Å²) in [6.45, 7) is 5.57. The SMILES string of the molecule is CB(O)CCCC1C(N)CC2CC(NC(=O)C(N)C(C)C)CC21. The van der Waals surface area contributed by atoms with Crippen LogP contribution in [-0.4, -0.2) is 36.0 Å². The Balaban J connectivity index is 1.84. The molecule has 6 N–H and O–H groups in total. The first-order valence-corrected chi connectivity index (χ1v) is 9.29. The summed E-state index contributed by atoms with van der Waals surface area (Å²) >= 11 is 0. The van der Waals surface area contributed by atoms with E-state index in [2.05, 4.69) is 5.32 Å².